The maximum atomic E-state index is 13.2. The Kier molecular flexibility index (Phi) is 4.15. The normalized spacial score (nSPS) is 15.0. The molecule has 114 valence electrons. The number of rotatable bonds is 2. The van der Waals surface area contributed by atoms with Crippen LogP contribution in [0.4, 0.5) is 4.39 Å². The highest BCUT2D eigenvalue weighted by molar-refractivity contribution is 7.07. The summed E-state index contributed by atoms with van der Waals surface area (Å²) in [4.78, 5) is 31.8. The average molecular weight is 319 g/mol. The molecular formula is C15H14FN3O2S. The van der Waals surface area contributed by atoms with Gasteiger partial charge in [-0.2, -0.15) is 0 Å². The van der Waals surface area contributed by atoms with Crippen LogP contribution in [0.2, 0.25) is 0 Å². The highest BCUT2D eigenvalue weighted by Crippen LogP contribution is 2.12. The number of hydrogen-bond acceptors (Lipinski definition) is 4. The second kappa shape index (κ2) is 6.23. The lowest BCUT2D eigenvalue weighted by Gasteiger charge is -2.34. The van der Waals surface area contributed by atoms with Gasteiger partial charge in [-0.05, 0) is 18.2 Å². The minimum atomic E-state index is -0.428. The molecule has 0 aliphatic carbocycles. The van der Waals surface area contributed by atoms with Gasteiger partial charge in [-0.25, -0.2) is 9.37 Å². The molecule has 0 spiro atoms. The molecule has 2 heterocycles. The Morgan fingerprint density at radius 2 is 1.77 bits per heavy atom. The number of thiazole rings is 1. The van der Waals surface area contributed by atoms with Crippen LogP contribution in [0.5, 0.6) is 0 Å². The Morgan fingerprint density at radius 1 is 1.09 bits per heavy atom. The number of aromatic nitrogens is 1. The Bertz CT molecular complexity index is 682. The monoisotopic (exact) mass is 319 g/mol. The van der Waals surface area contributed by atoms with Gasteiger partial charge in [0.1, 0.15) is 11.5 Å². The van der Waals surface area contributed by atoms with Gasteiger partial charge in [0.2, 0.25) is 0 Å². The first kappa shape index (κ1) is 14.6. The molecule has 0 radical (unpaired) electrons. The Balaban J connectivity index is 1.62. The lowest BCUT2D eigenvalue weighted by atomic mass is 10.1. The standard InChI is InChI=1S/C15H14FN3O2S/c16-12-3-1-2-11(8-12)14(20)18-4-6-19(7-5-18)15(21)13-9-22-10-17-13/h1-3,8-10H,4-7H2. The molecule has 0 bridgehead atoms. The first-order chi connectivity index (χ1) is 10.6. The molecule has 2 aromatic rings. The number of carbonyl (C=O) groups is 2. The van der Waals surface area contributed by atoms with E-state index in [9.17, 15) is 14.0 Å². The molecule has 1 fully saturated rings. The second-order valence-electron chi connectivity index (χ2n) is 4.97. The molecule has 7 heteroatoms. The van der Waals surface area contributed by atoms with Crippen molar-refractivity contribution in [1.29, 1.82) is 0 Å². The summed E-state index contributed by atoms with van der Waals surface area (Å²) in [6.07, 6.45) is 0. The van der Waals surface area contributed by atoms with E-state index in [2.05, 4.69) is 4.98 Å². The zero-order chi connectivity index (χ0) is 15.5. The summed E-state index contributed by atoms with van der Waals surface area (Å²) in [5, 5.41) is 1.71. The van der Waals surface area contributed by atoms with E-state index in [0.29, 0.717) is 37.4 Å². The summed E-state index contributed by atoms with van der Waals surface area (Å²) >= 11 is 1.38. The van der Waals surface area contributed by atoms with E-state index < -0.39 is 5.82 Å². The Morgan fingerprint density at radius 3 is 2.36 bits per heavy atom. The third-order valence-corrected chi connectivity index (χ3v) is 4.16. The highest BCUT2D eigenvalue weighted by atomic mass is 32.1. The van der Waals surface area contributed by atoms with Crippen molar-refractivity contribution < 1.29 is 14.0 Å². The molecule has 0 unspecified atom stereocenters. The summed E-state index contributed by atoms with van der Waals surface area (Å²) in [5.74, 6) is -0.748. The van der Waals surface area contributed by atoms with E-state index >= 15 is 0 Å². The van der Waals surface area contributed by atoms with Crippen molar-refractivity contribution in [3.8, 4) is 0 Å². The van der Waals surface area contributed by atoms with Crippen LogP contribution in [-0.2, 0) is 0 Å². The highest BCUT2D eigenvalue weighted by Gasteiger charge is 2.26. The molecule has 1 aromatic carbocycles. The Hall–Kier alpha value is -2.28. The van der Waals surface area contributed by atoms with Gasteiger partial charge in [0.25, 0.3) is 11.8 Å². The number of hydrogen-bond donors (Lipinski definition) is 0. The predicted molar refractivity (Wildman–Crippen MR) is 80.3 cm³/mol. The second-order valence-corrected chi connectivity index (χ2v) is 5.69. The third-order valence-electron chi connectivity index (χ3n) is 3.58. The lowest BCUT2D eigenvalue weighted by molar-refractivity contribution is 0.0532. The molecule has 1 aliphatic heterocycles. The summed E-state index contributed by atoms with van der Waals surface area (Å²) in [5.41, 5.74) is 2.39. The van der Waals surface area contributed by atoms with E-state index in [1.165, 1.54) is 29.5 Å². The Labute approximate surface area is 131 Å². The van der Waals surface area contributed by atoms with Gasteiger partial charge in [0.05, 0.1) is 5.51 Å². The molecule has 22 heavy (non-hydrogen) atoms. The fraction of sp³-hybridized carbons (Fsp3) is 0.267. The topological polar surface area (TPSA) is 53.5 Å². The van der Waals surface area contributed by atoms with Crippen molar-refractivity contribution in [2.45, 2.75) is 0 Å². The number of carbonyl (C=O) groups excluding carboxylic acids is 2. The van der Waals surface area contributed by atoms with Crippen molar-refractivity contribution in [3.63, 3.8) is 0 Å². The minimum absolute atomic E-state index is 0.112. The maximum Gasteiger partial charge on any atom is 0.273 e. The molecule has 1 saturated heterocycles. The van der Waals surface area contributed by atoms with Crippen molar-refractivity contribution in [3.05, 3.63) is 52.2 Å². The average Bonchev–Trinajstić information content (AvgIpc) is 3.08. The van der Waals surface area contributed by atoms with E-state index in [-0.39, 0.29) is 11.8 Å². The van der Waals surface area contributed by atoms with Gasteiger partial charge in [0.15, 0.2) is 0 Å². The van der Waals surface area contributed by atoms with Crippen molar-refractivity contribution in [1.82, 2.24) is 14.8 Å². The third kappa shape index (κ3) is 2.99. The van der Waals surface area contributed by atoms with Crippen LogP contribution in [0, 0.1) is 5.82 Å². The smallest absolute Gasteiger partial charge is 0.273 e. The number of halogens is 1. The van der Waals surface area contributed by atoms with E-state index in [1.807, 2.05) is 0 Å². The number of nitrogens with zero attached hydrogens (tertiary/aromatic N) is 3. The summed E-state index contributed by atoms with van der Waals surface area (Å²) in [6, 6.07) is 5.65. The van der Waals surface area contributed by atoms with Crippen LogP contribution in [0.3, 0.4) is 0 Å². The quantitative estimate of drug-likeness (QED) is 0.849. The first-order valence-corrected chi connectivity index (χ1v) is 7.82. The van der Waals surface area contributed by atoms with Crippen molar-refractivity contribution in [2.75, 3.05) is 26.2 Å². The molecule has 0 saturated carbocycles. The van der Waals surface area contributed by atoms with Crippen LogP contribution in [0.1, 0.15) is 20.8 Å². The van der Waals surface area contributed by atoms with E-state index in [4.69, 9.17) is 0 Å². The predicted octanol–water partition coefficient (Wildman–Crippen LogP) is 1.88. The molecule has 2 amide bonds. The molecule has 1 aliphatic rings. The van der Waals surface area contributed by atoms with Crippen LogP contribution in [0.25, 0.3) is 0 Å². The van der Waals surface area contributed by atoms with Gasteiger partial charge in [0, 0.05) is 37.1 Å². The summed E-state index contributed by atoms with van der Waals surface area (Å²) in [6.45, 7) is 1.78. The van der Waals surface area contributed by atoms with Crippen LogP contribution < -0.4 is 0 Å². The molecular weight excluding hydrogens is 305 g/mol. The number of piperazine rings is 1. The van der Waals surface area contributed by atoms with Crippen LogP contribution >= 0.6 is 11.3 Å². The summed E-state index contributed by atoms with van der Waals surface area (Å²) < 4.78 is 13.2. The fourth-order valence-corrected chi connectivity index (χ4v) is 2.92. The van der Waals surface area contributed by atoms with Crippen LogP contribution in [0.15, 0.2) is 35.2 Å². The SMILES string of the molecule is O=C(c1cccc(F)c1)N1CCN(C(=O)c2cscn2)CC1. The number of benzene rings is 1. The van der Waals surface area contributed by atoms with Crippen LogP contribution in [-0.4, -0.2) is 52.8 Å². The molecule has 0 N–H and O–H groups in total. The maximum absolute atomic E-state index is 13.2. The molecule has 0 atom stereocenters. The zero-order valence-electron chi connectivity index (χ0n) is 11.7. The van der Waals surface area contributed by atoms with Gasteiger partial charge in [-0.15, -0.1) is 11.3 Å². The van der Waals surface area contributed by atoms with Crippen molar-refractivity contribution in [2.24, 2.45) is 0 Å². The largest absolute Gasteiger partial charge is 0.335 e. The van der Waals surface area contributed by atoms with E-state index in [0.717, 1.165) is 0 Å². The number of amides is 2. The molecule has 3 rings (SSSR count). The van der Waals surface area contributed by atoms with Gasteiger partial charge < -0.3 is 9.80 Å². The van der Waals surface area contributed by atoms with Gasteiger partial charge in [-0.3, -0.25) is 9.59 Å². The summed E-state index contributed by atoms with van der Waals surface area (Å²) in [7, 11) is 0. The fourth-order valence-electron chi connectivity index (χ4n) is 2.40. The van der Waals surface area contributed by atoms with E-state index in [1.54, 1.807) is 26.8 Å². The van der Waals surface area contributed by atoms with Crippen molar-refractivity contribution >= 4 is 23.2 Å². The first-order valence-electron chi connectivity index (χ1n) is 6.87. The molecule has 1 aromatic heterocycles. The van der Waals surface area contributed by atoms with Gasteiger partial charge >= 0.3 is 0 Å². The lowest BCUT2D eigenvalue weighted by Crippen LogP contribution is -2.50. The van der Waals surface area contributed by atoms with Gasteiger partial charge in [-0.1, -0.05) is 6.07 Å². The minimum Gasteiger partial charge on any atom is -0.335 e. The zero-order valence-corrected chi connectivity index (χ0v) is 12.6. The molecule has 5 nitrogen and oxygen atoms in total.